The molecular weight excluding hydrogens is 540 g/mol. The Morgan fingerprint density at radius 2 is 1.88 bits per heavy atom. The van der Waals surface area contributed by atoms with Crippen molar-refractivity contribution < 1.29 is 24.9 Å². The number of amides is 2. The molecule has 0 aliphatic heterocycles. The molecule has 0 radical (unpaired) electrons. The number of benzene rings is 2. The highest BCUT2D eigenvalue weighted by atomic mass is 16.3. The Hall–Kier alpha value is -5.27. The van der Waals surface area contributed by atoms with Gasteiger partial charge in [-0.3, -0.25) is 9.59 Å². The molecule has 1 fully saturated rings. The largest absolute Gasteiger partial charge is 0.494 e. The van der Waals surface area contributed by atoms with Gasteiger partial charge in [-0.25, -0.2) is 15.0 Å². The van der Waals surface area contributed by atoms with Crippen molar-refractivity contribution in [2.75, 3.05) is 17.6 Å². The zero-order valence-electron chi connectivity index (χ0n) is 22.2. The van der Waals surface area contributed by atoms with Crippen LogP contribution in [0, 0.1) is 5.92 Å². The maximum atomic E-state index is 12.8. The second-order valence-electron chi connectivity index (χ2n) is 10.2. The summed E-state index contributed by atoms with van der Waals surface area (Å²) in [7, 11) is 0. The minimum atomic E-state index is -1.07. The van der Waals surface area contributed by atoms with E-state index in [0.29, 0.717) is 45.2 Å². The van der Waals surface area contributed by atoms with Crippen molar-refractivity contribution in [3.8, 4) is 5.88 Å². The molecule has 1 saturated carbocycles. The van der Waals surface area contributed by atoms with Crippen molar-refractivity contribution in [3.63, 3.8) is 0 Å². The van der Waals surface area contributed by atoms with Crippen molar-refractivity contribution in [1.82, 2.24) is 29.8 Å². The molecule has 0 spiro atoms. The van der Waals surface area contributed by atoms with Crippen LogP contribution in [-0.4, -0.2) is 70.4 Å². The number of nitrogens with zero attached hydrogens (tertiary/aromatic N) is 4. The Morgan fingerprint density at radius 3 is 2.69 bits per heavy atom. The molecule has 5 aromatic rings. The molecule has 6 rings (SSSR count). The fraction of sp³-hybridized carbons (Fsp3) is 0.207. The quantitative estimate of drug-likeness (QED) is 0.143. The molecule has 1 unspecified atom stereocenters. The molecule has 0 bridgehead atoms. The number of aromatic amines is 1. The van der Waals surface area contributed by atoms with Gasteiger partial charge < -0.3 is 41.2 Å². The van der Waals surface area contributed by atoms with Gasteiger partial charge in [-0.15, -0.1) is 0 Å². The first-order valence-electron chi connectivity index (χ1n) is 13.3. The fourth-order valence-electron chi connectivity index (χ4n) is 5.35. The van der Waals surface area contributed by atoms with E-state index in [1.54, 1.807) is 59.3 Å². The second-order valence-corrected chi connectivity index (χ2v) is 10.2. The molecule has 42 heavy (non-hydrogen) atoms. The van der Waals surface area contributed by atoms with Gasteiger partial charge in [0.05, 0.1) is 24.2 Å². The first-order chi connectivity index (χ1) is 20.3. The second kappa shape index (κ2) is 11.0. The minimum Gasteiger partial charge on any atom is -0.494 e. The molecule has 4 atom stereocenters. The average molecular weight is 569 g/mol. The smallest absolute Gasteiger partial charge is 0.255 e. The third kappa shape index (κ3) is 5.02. The highest BCUT2D eigenvalue weighted by molar-refractivity contribution is 6.10. The SMILES string of the molecule is Nc1ncnc2c1ncn2[C@@H]1CC(CNC(=O)C=Cc2ccc(C(=O)Nc3cccc4c(O)[nH]cc34)cc2)[C@@H](O)[C@H]1O. The van der Waals surface area contributed by atoms with Crippen molar-refractivity contribution in [1.29, 1.82) is 0 Å². The van der Waals surface area contributed by atoms with Crippen LogP contribution in [-0.2, 0) is 4.79 Å². The normalized spacial score (nSPS) is 20.4. The summed E-state index contributed by atoms with van der Waals surface area (Å²) in [5.74, 6) is -0.803. The lowest BCUT2D eigenvalue weighted by molar-refractivity contribution is -0.116. The molecule has 2 aromatic carbocycles. The summed E-state index contributed by atoms with van der Waals surface area (Å²) < 4.78 is 1.68. The third-order valence-corrected chi connectivity index (χ3v) is 7.62. The van der Waals surface area contributed by atoms with E-state index in [4.69, 9.17) is 5.73 Å². The Kier molecular flexibility index (Phi) is 7.02. The lowest BCUT2D eigenvalue weighted by Crippen LogP contribution is -2.35. The van der Waals surface area contributed by atoms with Gasteiger partial charge in [0.25, 0.3) is 5.91 Å². The Bertz CT molecular complexity index is 1810. The zero-order chi connectivity index (χ0) is 29.4. The highest BCUT2D eigenvalue weighted by Crippen LogP contribution is 2.37. The molecule has 2 amide bonds. The summed E-state index contributed by atoms with van der Waals surface area (Å²) in [5, 5.41) is 38.1. The molecule has 214 valence electrons. The lowest BCUT2D eigenvalue weighted by Gasteiger charge is -2.18. The number of hydrogen-bond donors (Lipinski definition) is 7. The number of carbonyl (C=O) groups is 2. The Labute approximate surface area is 238 Å². The first-order valence-corrected chi connectivity index (χ1v) is 13.3. The minimum absolute atomic E-state index is 0.0344. The Balaban J connectivity index is 1.04. The van der Waals surface area contributed by atoms with Crippen molar-refractivity contribution in [2.45, 2.75) is 24.7 Å². The van der Waals surface area contributed by atoms with E-state index >= 15 is 0 Å². The van der Waals surface area contributed by atoms with Gasteiger partial charge in [0.2, 0.25) is 5.91 Å². The van der Waals surface area contributed by atoms with E-state index in [1.807, 2.05) is 0 Å². The number of anilines is 2. The number of aromatic nitrogens is 5. The van der Waals surface area contributed by atoms with E-state index in [1.165, 1.54) is 18.7 Å². The summed E-state index contributed by atoms with van der Waals surface area (Å²) in [6.07, 6.45) is 5.71. The number of nitrogen functional groups attached to an aromatic ring is 1. The Morgan fingerprint density at radius 1 is 1.07 bits per heavy atom. The molecule has 3 aromatic heterocycles. The summed E-state index contributed by atoms with van der Waals surface area (Å²) in [6.45, 7) is 0.159. The van der Waals surface area contributed by atoms with E-state index < -0.39 is 24.2 Å². The van der Waals surface area contributed by atoms with E-state index in [9.17, 15) is 24.9 Å². The number of aliphatic hydroxyl groups excluding tert-OH is 2. The van der Waals surface area contributed by atoms with Gasteiger partial charge >= 0.3 is 0 Å². The molecule has 13 heteroatoms. The molecule has 1 aliphatic carbocycles. The number of aliphatic hydroxyl groups is 2. The van der Waals surface area contributed by atoms with Crippen LogP contribution in [0.1, 0.15) is 28.4 Å². The predicted molar refractivity (Wildman–Crippen MR) is 155 cm³/mol. The summed E-state index contributed by atoms with van der Waals surface area (Å²) in [5.41, 5.74) is 8.45. The van der Waals surface area contributed by atoms with Gasteiger partial charge in [-0.05, 0) is 42.3 Å². The van der Waals surface area contributed by atoms with E-state index in [2.05, 4.69) is 30.6 Å². The number of hydrogen-bond acceptors (Lipinski definition) is 9. The van der Waals surface area contributed by atoms with Crippen molar-refractivity contribution in [2.24, 2.45) is 5.92 Å². The van der Waals surface area contributed by atoms with Crippen LogP contribution in [0.3, 0.4) is 0 Å². The van der Waals surface area contributed by atoms with Crippen molar-refractivity contribution >= 4 is 51.3 Å². The highest BCUT2D eigenvalue weighted by Gasteiger charge is 2.43. The number of fused-ring (bicyclic) bond motifs is 2. The third-order valence-electron chi connectivity index (χ3n) is 7.62. The van der Waals surface area contributed by atoms with Gasteiger partial charge in [0.15, 0.2) is 17.3 Å². The average Bonchev–Trinajstić information content (AvgIpc) is 3.68. The fourth-order valence-corrected chi connectivity index (χ4v) is 5.35. The number of H-pyrrole nitrogens is 1. The number of nitrogens with two attached hydrogens (primary N) is 1. The molecule has 8 N–H and O–H groups in total. The van der Waals surface area contributed by atoms with Crippen LogP contribution in [0.4, 0.5) is 11.5 Å². The zero-order valence-corrected chi connectivity index (χ0v) is 22.2. The number of imidazole rings is 1. The molecule has 0 saturated heterocycles. The number of nitrogens with one attached hydrogen (secondary N) is 3. The number of aromatic hydroxyl groups is 1. The topological polar surface area (TPSA) is 204 Å². The number of carbonyl (C=O) groups excluding carboxylic acids is 2. The van der Waals surface area contributed by atoms with Gasteiger partial charge in [-0.1, -0.05) is 18.2 Å². The van der Waals surface area contributed by atoms with Crippen LogP contribution in [0.5, 0.6) is 5.88 Å². The predicted octanol–water partition coefficient (Wildman–Crippen LogP) is 1.96. The molecular formula is C29H28N8O5. The maximum absolute atomic E-state index is 12.8. The van der Waals surface area contributed by atoms with Crippen LogP contribution in [0.2, 0.25) is 0 Å². The van der Waals surface area contributed by atoms with Crippen LogP contribution in [0.25, 0.3) is 28.0 Å². The van der Waals surface area contributed by atoms with Gasteiger partial charge in [0.1, 0.15) is 17.9 Å². The van der Waals surface area contributed by atoms with Gasteiger partial charge in [-0.2, -0.15) is 0 Å². The van der Waals surface area contributed by atoms with Crippen LogP contribution >= 0.6 is 0 Å². The standard InChI is InChI=1S/C29H28N8O5/c30-26-23-27(34-13-33-26)37(14-35-23)21-10-17(24(39)25(21)40)11-31-22(38)9-6-15-4-7-16(8-5-15)28(41)36-20-3-1-2-18-19(20)12-32-29(18)42/h1-9,12-14,17,21,24-25,32,39-40,42H,10-11H2,(H,31,38)(H,36,41)(H2,30,33,34)/t17?,21-,24-,25+/m1/s1. The van der Waals surface area contributed by atoms with E-state index in [0.717, 1.165) is 0 Å². The summed E-state index contributed by atoms with van der Waals surface area (Å²) in [4.78, 5) is 40.4. The molecule has 13 nitrogen and oxygen atoms in total. The van der Waals surface area contributed by atoms with Crippen LogP contribution in [0.15, 0.2) is 67.4 Å². The van der Waals surface area contributed by atoms with Crippen molar-refractivity contribution in [3.05, 3.63) is 78.5 Å². The monoisotopic (exact) mass is 568 g/mol. The summed E-state index contributed by atoms with van der Waals surface area (Å²) in [6, 6.07) is 11.5. The number of rotatable bonds is 7. The first kappa shape index (κ1) is 26.9. The van der Waals surface area contributed by atoms with Gasteiger partial charge in [0, 0.05) is 41.1 Å². The summed E-state index contributed by atoms with van der Waals surface area (Å²) >= 11 is 0. The lowest BCUT2D eigenvalue weighted by atomic mass is 10.1. The molecule has 1 aliphatic rings. The maximum Gasteiger partial charge on any atom is 0.255 e. The molecule has 3 heterocycles. The van der Waals surface area contributed by atoms with E-state index in [-0.39, 0.29) is 30.1 Å². The van der Waals surface area contributed by atoms with Crippen LogP contribution < -0.4 is 16.4 Å².